The molecule has 1 N–H and O–H groups in total. The van der Waals surface area contributed by atoms with E-state index in [0.29, 0.717) is 11.2 Å². The Morgan fingerprint density at radius 2 is 1.86 bits per heavy atom. The van der Waals surface area contributed by atoms with Crippen LogP contribution >= 0.6 is 17.0 Å². The van der Waals surface area contributed by atoms with Crippen molar-refractivity contribution in [2.24, 2.45) is 0 Å². The lowest BCUT2D eigenvalue weighted by Gasteiger charge is -1.95. The summed E-state index contributed by atoms with van der Waals surface area (Å²) in [5, 5.41) is 17.7. The highest BCUT2D eigenvalue weighted by Crippen LogP contribution is 2.20. The second-order valence-corrected chi connectivity index (χ2v) is 4.30. The standard InChI is InChI=1S/C15H9N3O2.BrH/c16-7-10-1-3-11(4-2-10)13-9-18-8-12(15(19)20)5-6-14(18)17-13;/h1-6,8-9H,(H,19,20);1H. The third-order valence-corrected chi connectivity index (χ3v) is 3.01. The van der Waals surface area contributed by atoms with E-state index in [-0.39, 0.29) is 22.5 Å². The molecule has 0 amide bonds. The third kappa shape index (κ3) is 2.78. The molecule has 0 aliphatic rings. The van der Waals surface area contributed by atoms with E-state index in [1.807, 2.05) is 12.1 Å². The Bertz CT molecular complexity index is 847. The van der Waals surface area contributed by atoms with Gasteiger partial charge in [0.1, 0.15) is 5.65 Å². The van der Waals surface area contributed by atoms with Gasteiger partial charge in [0.2, 0.25) is 0 Å². The lowest BCUT2D eigenvalue weighted by molar-refractivity contribution is 0.0696. The van der Waals surface area contributed by atoms with Crippen LogP contribution in [0.1, 0.15) is 15.9 Å². The Kier molecular flexibility index (Phi) is 4.05. The summed E-state index contributed by atoms with van der Waals surface area (Å²) < 4.78 is 1.68. The molecule has 5 nitrogen and oxygen atoms in total. The van der Waals surface area contributed by atoms with E-state index in [1.54, 1.807) is 28.8 Å². The fourth-order valence-corrected chi connectivity index (χ4v) is 1.97. The molecule has 1 aromatic carbocycles. The Morgan fingerprint density at radius 1 is 1.14 bits per heavy atom. The number of rotatable bonds is 2. The molecular formula is C15H10BrN3O2. The van der Waals surface area contributed by atoms with E-state index < -0.39 is 5.97 Å². The topological polar surface area (TPSA) is 78.4 Å². The second-order valence-electron chi connectivity index (χ2n) is 4.30. The average molecular weight is 344 g/mol. The number of pyridine rings is 1. The van der Waals surface area contributed by atoms with Gasteiger partial charge in [-0.2, -0.15) is 5.26 Å². The van der Waals surface area contributed by atoms with Crippen LogP contribution in [-0.2, 0) is 0 Å². The Labute approximate surface area is 130 Å². The fourth-order valence-electron chi connectivity index (χ4n) is 1.97. The van der Waals surface area contributed by atoms with Gasteiger partial charge in [-0.3, -0.25) is 0 Å². The minimum absolute atomic E-state index is 0. The first-order valence-electron chi connectivity index (χ1n) is 5.90. The van der Waals surface area contributed by atoms with Crippen molar-refractivity contribution < 1.29 is 9.90 Å². The van der Waals surface area contributed by atoms with Crippen LogP contribution in [0.4, 0.5) is 0 Å². The molecule has 104 valence electrons. The summed E-state index contributed by atoms with van der Waals surface area (Å²) in [7, 11) is 0. The second kappa shape index (κ2) is 5.77. The van der Waals surface area contributed by atoms with E-state index in [1.165, 1.54) is 12.3 Å². The summed E-state index contributed by atoms with van der Waals surface area (Å²) in [5.41, 5.74) is 3.09. The lowest BCUT2D eigenvalue weighted by Crippen LogP contribution is -1.97. The number of benzene rings is 1. The van der Waals surface area contributed by atoms with Crippen LogP contribution in [0, 0.1) is 11.3 Å². The number of carboxylic acid groups (broad SMARTS) is 1. The van der Waals surface area contributed by atoms with E-state index in [4.69, 9.17) is 10.4 Å². The number of nitriles is 1. The normalized spacial score (nSPS) is 9.86. The smallest absolute Gasteiger partial charge is 0.337 e. The molecule has 0 aliphatic carbocycles. The number of imidazole rings is 1. The summed E-state index contributed by atoms with van der Waals surface area (Å²) in [5.74, 6) is -0.972. The van der Waals surface area contributed by atoms with E-state index >= 15 is 0 Å². The number of fused-ring (bicyclic) bond motifs is 1. The highest BCUT2D eigenvalue weighted by atomic mass is 79.9. The summed E-state index contributed by atoms with van der Waals surface area (Å²) in [6, 6.07) is 12.3. The van der Waals surface area contributed by atoms with Crippen LogP contribution in [0.25, 0.3) is 16.9 Å². The number of aromatic carboxylic acids is 1. The summed E-state index contributed by atoms with van der Waals surface area (Å²) >= 11 is 0. The zero-order chi connectivity index (χ0) is 14.1. The summed E-state index contributed by atoms with van der Waals surface area (Å²) in [4.78, 5) is 15.4. The van der Waals surface area contributed by atoms with Crippen molar-refractivity contribution in [3.8, 4) is 17.3 Å². The largest absolute Gasteiger partial charge is 0.478 e. The van der Waals surface area contributed by atoms with Crippen molar-refractivity contribution in [1.82, 2.24) is 9.38 Å². The molecule has 6 heteroatoms. The van der Waals surface area contributed by atoms with Gasteiger partial charge in [-0.15, -0.1) is 17.0 Å². The molecule has 2 heterocycles. The van der Waals surface area contributed by atoms with Gasteiger partial charge in [-0.05, 0) is 24.3 Å². The maximum Gasteiger partial charge on any atom is 0.337 e. The number of hydrogen-bond acceptors (Lipinski definition) is 3. The van der Waals surface area contributed by atoms with Gasteiger partial charge in [0, 0.05) is 18.0 Å². The molecule has 0 atom stereocenters. The predicted molar refractivity (Wildman–Crippen MR) is 82.6 cm³/mol. The first-order chi connectivity index (χ1) is 9.67. The molecule has 21 heavy (non-hydrogen) atoms. The van der Waals surface area contributed by atoms with Crippen molar-refractivity contribution in [1.29, 1.82) is 5.26 Å². The van der Waals surface area contributed by atoms with Crippen LogP contribution in [0.15, 0.2) is 48.8 Å². The average Bonchev–Trinajstić information content (AvgIpc) is 2.90. The Hall–Kier alpha value is -2.65. The van der Waals surface area contributed by atoms with Crippen LogP contribution in [0.2, 0.25) is 0 Å². The molecule has 3 rings (SSSR count). The van der Waals surface area contributed by atoms with Gasteiger partial charge in [0.15, 0.2) is 0 Å². The van der Waals surface area contributed by atoms with Gasteiger partial charge in [0.05, 0.1) is 22.9 Å². The third-order valence-electron chi connectivity index (χ3n) is 3.01. The van der Waals surface area contributed by atoms with Crippen molar-refractivity contribution in [2.45, 2.75) is 0 Å². The highest BCUT2D eigenvalue weighted by molar-refractivity contribution is 8.93. The zero-order valence-corrected chi connectivity index (χ0v) is 12.4. The van der Waals surface area contributed by atoms with E-state index in [0.717, 1.165) is 11.3 Å². The summed E-state index contributed by atoms with van der Waals surface area (Å²) in [6.45, 7) is 0. The number of nitrogens with zero attached hydrogens (tertiary/aromatic N) is 3. The molecule has 0 saturated heterocycles. The number of aromatic nitrogens is 2. The fraction of sp³-hybridized carbons (Fsp3) is 0. The molecular weight excluding hydrogens is 334 g/mol. The van der Waals surface area contributed by atoms with Crippen molar-refractivity contribution >= 4 is 28.6 Å². The van der Waals surface area contributed by atoms with Gasteiger partial charge in [-0.25, -0.2) is 9.78 Å². The lowest BCUT2D eigenvalue weighted by atomic mass is 10.1. The van der Waals surface area contributed by atoms with Crippen LogP contribution in [-0.4, -0.2) is 20.5 Å². The number of halogens is 1. The van der Waals surface area contributed by atoms with Crippen LogP contribution in [0.3, 0.4) is 0 Å². The van der Waals surface area contributed by atoms with Crippen molar-refractivity contribution in [3.05, 3.63) is 59.9 Å². The number of carbonyl (C=O) groups is 1. The van der Waals surface area contributed by atoms with Gasteiger partial charge in [0.25, 0.3) is 0 Å². The van der Waals surface area contributed by atoms with E-state index in [9.17, 15) is 4.79 Å². The van der Waals surface area contributed by atoms with Crippen molar-refractivity contribution in [2.75, 3.05) is 0 Å². The molecule has 2 aromatic heterocycles. The molecule has 0 bridgehead atoms. The van der Waals surface area contributed by atoms with Gasteiger partial charge >= 0.3 is 5.97 Å². The molecule has 0 radical (unpaired) electrons. The Morgan fingerprint density at radius 3 is 2.48 bits per heavy atom. The van der Waals surface area contributed by atoms with Gasteiger partial charge in [-0.1, -0.05) is 12.1 Å². The molecule has 0 saturated carbocycles. The molecule has 0 unspecified atom stereocenters. The molecule has 0 fully saturated rings. The SMILES string of the molecule is Br.N#Cc1ccc(-c2cn3cc(C(=O)O)ccc3n2)cc1. The predicted octanol–water partition coefficient (Wildman–Crippen LogP) is 3.15. The monoisotopic (exact) mass is 343 g/mol. The summed E-state index contributed by atoms with van der Waals surface area (Å²) in [6.07, 6.45) is 3.29. The maximum absolute atomic E-state index is 10.9. The molecule has 0 aliphatic heterocycles. The van der Waals surface area contributed by atoms with Gasteiger partial charge < -0.3 is 9.51 Å². The molecule has 0 spiro atoms. The minimum Gasteiger partial charge on any atom is -0.478 e. The van der Waals surface area contributed by atoms with Crippen molar-refractivity contribution in [3.63, 3.8) is 0 Å². The van der Waals surface area contributed by atoms with Crippen LogP contribution < -0.4 is 0 Å². The quantitative estimate of drug-likeness (QED) is 0.775. The highest BCUT2D eigenvalue weighted by Gasteiger charge is 2.07. The molecule has 3 aromatic rings. The van der Waals surface area contributed by atoms with E-state index in [2.05, 4.69) is 11.1 Å². The first-order valence-corrected chi connectivity index (χ1v) is 5.90. The Balaban J connectivity index is 0.00000161. The number of carboxylic acids is 1. The zero-order valence-electron chi connectivity index (χ0n) is 10.7. The number of hydrogen-bond donors (Lipinski definition) is 1. The maximum atomic E-state index is 10.9. The van der Waals surface area contributed by atoms with Crippen LogP contribution in [0.5, 0.6) is 0 Å². The minimum atomic E-state index is -0.972. The first kappa shape index (κ1) is 14.8.